The van der Waals surface area contributed by atoms with Crippen LogP contribution in [-0.2, 0) is 4.79 Å². The molecule has 0 radical (unpaired) electrons. The van der Waals surface area contributed by atoms with Crippen LogP contribution < -0.4 is 10.6 Å². The zero-order valence-corrected chi connectivity index (χ0v) is 11.8. The van der Waals surface area contributed by atoms with E-state index in [2.05, 4.69) is 29.6 Å². The van der Waals surface area contributed by atoms with Gasteiger partial charge in [-0.15, -0.1) is 0 Å². The Hall–Kier alpha value is -0.610. The molecule has 1 saturated carbocycles. The van der Waals surface area contributed by atoms with Crippen LogP contribution in [0.2, 0.25) is 0 Å². The van der Waals surface area contributed by atoms with Crippen molar-refractivity contribution in [2.75, 3.05) is 27.2 Å². The minimum atomic E-state index is 0.0489. The van der Waals surface area contributed by atoms with E-state index < -0.39 is 0 Å². The highest BCUT2D eigenvalue weighted by Gasteiger charge is 2.35. The zero-order valence-electron chi connectivity index (χ0n) is 11.8. The number of nitrogens with zero attached hydrogens (tertiary/aromatic N) is 1. The predicted octanol–water partition coefficient (Wildman–Crippen LogP) is 1.12. The third-order valence-corrected chi connectivity index (χ3v) is 4.70. The lowest BCUT2D eigenvalue weighted by atomic mass is 9.80. The van der Waals surface area contributed by atoms with Gasteiger partial charge in [-0.05, 0) is 46.3 Å². The van der Waals surface area contributed by atoms with Gasteiger partial charge in [0.15, 0.2) is 0 Å². The monoisotopic (exact) mass is 253 g/mol. The van der Waals surface area contributed by atoms with Crippen LogP contribution in [0.25, 0.3) is 0 Å². The maximum atomic E-state index is 12.1. The van der Waals surface area contributed by atoms with E-state index in [1.54, 1.807) is 0 Å². The van der Waals surface area contributed by atoms with E-state index in [1.807, 2.05) is 0 Å². The van der Waals surface area contributed by atoms with Gasteiger partial charge < -0.3 is 15.5 Å². The summed E-state index contributed by atoms with van der Waals surface area (Å²) in [5, 5.41) is 6.43. The van der Waals surface area contributed by atoms with Gasteiger partial charge in [-0.2, -0.15) is 0 Å². The largest absolute Gasteiger partial charge is 0.353 e. The van der Waals surface area contributed by atoms with Crippen molar-refractivity contribution in [1.29, 1.82) is 0 Å². The standard InChI is InChI=1S/C14H27N3O/c1-17(2)14(8-4-3-5-9-14)11-16-13(18)12-7-6-10-15-12/h12,15H,3-11H2,1-2H3,(H,16,18)/t12-/m1/s1. The minimum Gasteiger partial charge on any atom is -0.353 e. The van der Waals surface area contributed by atoms with Gasteiger partial charge >= 0.3 is 0 Å². The van der Waals surface area contributed by atoms with Gasteiger partial charge in [0, 0.05) is 12.1 Å². The molecule has 4 nitrogen and oxygen atoms in total. The molecule has 0 aromatic carbocycles. The second-order valence-electron chi connectivity index (χ2n) is 6.05. The molecule has 0 unspecified atom stereocenters. The Labute approximate surface area is 110 Å². The molecule has 1 atom stereocenters. The van der Waals surface area contributed by atoms with Crippen LogP contribution in [0.4, 0.5) is 0 Å². The lowest BCUT2D eigenvalue weighted by Gasteiger charge is -2.43. The van der Waals surface area contributed by atoms with Gasteiger partial charge in [0.25, 0.3) is 0 Å². The quantitative estimate of drug-likeness (QED) is 0.789. The highest BCUT2D eigenvalue weighted by atomic mass is 16.2. The fourth-order valence-corrected chi connectivity index (χ4v) is 3.28. The maximum Gasteiger partial charge on any atom is 0.237 e. The lowest BCUT2D eigenvalue weighted by Crippen LogP contribution is -2.55. The average Bonchev–Trinajstić information content (AvgIpc) is 2.91. The maximum absolute atomic E-state index is 12.1. The van der Waals surface area contributed by atoms with E-state index in [4.69, 9.17) is 0 Å². The Kier molecular flexibility index (Phi) is 4.62. The topological polar surface area (TPSA) is 44.4 Å². The van der Waals surface area contributed by atoms with Crippen molar-refractivity contribution < 1.29 is 4.79 Å². The first-order valence-corrected chi connectivity index (χ1v) is 7.33. The van der Waals surface area contributed by atoms with Crippen LogP contribution in [0.1, 0.15) is 44.9 Å². The average molecular weight is 253 g/mol. The van der Waals surface area contributed by atoms with Crippen LogP contribution in [0.15, 0.2) is 0 Å². The van der Waals surface area contributed by atoms with Crippen molar-refractivity contribution in [3.63, 3.8) is 0 Å². The second kappa shape index (κ2) is 6.02. The number of nitrogens with one attached hydrogen (secondary N) is 2. The Bertz CT molecular complexity index is 279. The first-order valence-electron chi connectivity index (χ1n) is 7.33. The Morgan fingerprint density at radius 1 is 1.28 bits per heavy atom. The fraction of sp³-hybridized carbons (Fsp3) is 0.929. The summed E-state index contributed by atoms with van der Waals surface area (Å²) in [5.41, 5.74) is 0.187. The first-order chi connectivity index (χ1) is 8.64. The van der Waals surface area contributed by atoms with Crippen molar-refractivity contribution in [2.24, 2.45) is 0 Å². The number of likely N-dealkylation sites (N-methyl/N-ethyl adjacent to an activating group) is 1. The molecule has 18 heavy (non-hydrogen) atoms. The summed E-state index contributed by atoms with van der Waals surface area (Å²) in [4.78, 5) is 14.4. The van der Waals surface area contributed by atoms with Gasteiger partial charge in [0.2, 0.25) is 5.91 Å². The van der Waals surface area contributed by atoms with Gasteiger partial charge in [-0.25, -0.2) is 0 Å². The van der Waals surface area contributed by atoms with Crippen LogP contribution in [0, 0.1) is 0 Å². The molecule has 0 spiro atoms. The summed E-state index contributed by atoms with van der Waals surface area (Å²) < 4.78 is 0. The Morgan fingerprint density at radius 2 is 2.00 bits per heavy atom. The molecule has 1 amide bonds. The Balaban J connectivity index is 1.87. The highest BCUT2D eigenvalue weighted by Crippen LogP contribution is 2.31. The molecule has 1 aliphatic heterocycles. The normalized spacial score (nSPS) is 27.4. The third kappa shape index (κ3) is 3.04. The van der Waals surface area contributed by atoms with Gasteiger partial charge in [-0.1, -0.05) is 19.3 Å². The molecular weight excluding hydrogens is 226 g/mol. The second-order valence-corrected chi connectivity index (χ2v) is 6.05. The molecular formula is C14H27N3O. The molecule has 0 bridgehead atoms. The van der Waals surface area contributed by atoms with Gasteiger partial charge in [0.1, 0.15) is 0 Å². The molecule has 1 aliphatic carbocycles. The van der Waals surface area contributed by atoms with Crippen molar-refractivity contribution >= 4 is 5.91 Å². The number of carbonyl (C=O) groups excluding carboxylic acids is 1. The van der Waals surface area contributed by atoms with Crippen molar-refractivity contribution in [3.05, 3.63) is 0 Å². The number of rotatable bonds is 4. The summed E-state index contributed by atoms with van der Waals surface area (Å²) >= 11 is 0. The van der Waals surface area contributed by atoms with Crippen LogP contribution >= 0.6 is 0 Å². The molecule has 1 heterocycles. The molecule has 2 rings (SSSR count). The molecule has 0 aromatic heterocycles. The molecule has 4 heteroatoms. The minimum absolute atomic E-state index is 0.0489. The van der Waals surface area contributed by atoms with Gasteiger partial charge in [-0.3, -0.25) is 4.79 Å². The first kappa shape index (κ1) is 13.8. The number of hydrogen-bond donors (Lipinski definition) is 2. The molecule has 2 N–H and O–H groups in total. The van der Waals surface area contributed by atoms with E-state index in [0.29, 0.717) is 0 Å². The number of carbonyl (C=O) groups is 1. The number of amides is 1. The van der Waals surface area contributed by atoms with Gasteiger partial charge in [0.05, 0.1) is 6.04 Å². The Morgan fingerprint density at radius 3 is 2.56 bits per heavy atom. The van der Waals surface area contributed by atoms with E-state index in [0.717, 1.165) is 25.9 Å². The van der Waals surface area contributed by atoms with E-state index >= 15 is 0 Å². The molecule has 104 valence electrons. The van der Waals surface area contributed by atoms with E-state index in [9.17, 15) is 4.79 Å². The molecule has 2 aliphatic rings. The molecule has 2 fully saturated rings. The zero-order chi connectivity index (χ0) is 13.0. The fourth-order valence-electron chi connectivity index (χ4n) is 3.28. The summed E-state index contributed by atoms with van der Waals surface area (Å²) in [7, 11) is 4.29. The van der Waals surface area contributed by atoms with Crippen molar-refractivity contribution in [2.45, 2.75) is 56.5 Å². The van der Waals surface area contributed by atoms with Crippen LogP contribution in [0.5, 0.6) is 0 Å². The molecule has 0 aromatic rings. The summed E-state index contributed by atoms with van der Waals surface area (Å²) in [6.45, 7) is 1.79. The third-order valence-electron chi connectivity index (χ3n) is 4.70. The SMILES string of the molecule is CN(C)C1(CNC(=O)[C@H]2CCCN2)CCCCC1. The summed E-state index contributed by atoms with van der Waals surface area (Å²) in [6, 6.07) is 0.0489. The van der Waals surface area contributed by atoms with Crippen LogP contribution in [-0.4, -0.2) is 49.6 Å². The summed E-state index contributed by atoms with van der Waals surface area (Å²) in [6.07, 6.45) is 8.44. The predicted molar refractivity (Wildman–Crippen MR) is 73.5 cm³/mol. The lowest BCUT2D eigenvalue weighted by molar-refractivity contribution is -0.123. The van der Waals surface area contributed by atoms with Crippen LogP contribution in [0.3, 0.4) is 0 Å². The smallest absolute Gasteiger partial charge is 0.237 e. The van der Waals surface area contributed by atoms with Crippen molar-refractivity contribution in [3.8, 4) is 0 Å². The van der Waals surface area contributed by atoms with E-state index in [1.165, 1.54) is 32.1 Å². The van der Waals surface area contributed by atoms with Crippen molar-refractivity contribution in [1.82, 2.24) is 15.5 Å². The number of hydrogen-bond acceptors (Lipinski definition) is 3. The molecule has 1 saturated heterocycles. The highest BCUT2D eigenvalue weighted by molar-refractivity contribution is 5.82. The van der Waals surface area contributed by atoms with E-state index in [-0.39, 0.29) is 17.5 Å². The summed E-state index contributed by atoms with van der Waals surface area (Å²) in [5.74, 6) is 0.194.